The molecule has 20 heavy (non-hydrogen) atoms. The molecule has 108 valence electrons. The number of pyridine rings is 1. The molecule has 0 unspecified atom stereocenters. The zero-order valence-electron chi connectivity index (χ0n) is 10.2. The number of carbonyl (C=O) groups is 2. The summed E-state index contributed by atoms with van der Waals surface area (Å²) >= 11 is 0. The van der Waals surface area contributed by atoms with Gasteiger partial charge in [-0.05, 0) is 12.1 Å². The van der Waals surface area contributed by atoms with Gasteiger partial charge in [-0.25, -0.2) is 18.6 Å². The van der Waals surface area contributed by atoms with Crippen molar-refractivity contribution in [2.24, 2.45) is 11.8 Å². The normalized spacial score (nSPS) is 22.2. The highest BCUT2D eigenvalue weighted by molar-refractivity contribution is 5.93. The number of rotatable bonds is 4. The maximum atomic E-state index is 12.9. The first-order valence-corrected chi connectivity index (χ1v) is 5.86. The maximum absolute atomic E-state index is 12.9. The molecule has 0 bridgehead atoms. The molecule has 2 atom stereocenters. The van der Waals surface area contributed by atoms with Gasteiger partial charge in [0.05, 0.1) is 11.8 Å². The highest BCUT2D eigenvalue weighted by atomic mass is 19.3. The van der Waals surface area contributed by atoms with E-state index in [2.05, 4.69) is 4.98 Å². The van der Waals surface area contributed by atoms with E-state index in [0.29, 0.717) is 0 Å². The van der Waals surface area contributed by atoms with Gasteiger partial charge in [0.15, 0.2) is 0 Å². The molecule has 0 saturated carbocycles. The SMILES string of the molecule is O=C(O)c1cccnc1N1C[C@@H](C(=O)O)[C@H](C(F)F)C1. The number of halogens is 2. The summed E-state index contributed by atoms with van der Waals surface area (Å²) in [6.45, 7) is -0.409. The first-order valence-electron chi connectivity index (χ1n) is 5.86. The number of nitrogens with zero attached hydrogens (tertiary/aromatic N) is 2. The molecule has 6 nitrogen and oxygen atoms in total. The predicted octanol–water partition coefficient (Wildman–Crippen LogP) is 1.18. The number of alkyl halides is 2. The average molecular weight is 286 g/mol. The van der Waals surface area contributed by atoms with E-state index in [4.69, 9.17) is 10.2 Å². The molecular formula is C12H12F2N2O4. The molecular weight excluding hydrogens is 274 g/mol. The van der Waals surface area contributed by atoms with E-state index < -0.39 is 30.2 Å². The fraction of sp³-hybridized carbons (Fsp3) is 0.417. The van der Waals surface area contributed by atoms with Crippen LogP contribution in [0.25, 0.3) is 0 Å². The molecule has 1 aliphatic rings. The predicted molar refractivity (Wildman–Crippen MR) is 64.0 cm³/mol. The molecule has 1 aromatic rings. The van der Waals surface area contributed by atoms with Gasteiger partial charge in [0, 0.05) is 19.3 Å². The minimum atomic E-state index is -2.78. The molecule has 0 aromatic carbocycles. The Balaban J connectivity index is 2.32. The molecule has 0 radical (unpaired) electrons. The van der Waals surface area contributed by atoms with Crippen molar-refractivity contribution in [2.75, 3.05) is 18.0 Å². The third-order valence-corrected chi connectivity index (χ3v) is 3.32. The monoisotopic (exact) mass is 286 g/mol. The van der Waals surface area contributed by atoms with Crippen LogP contribution in [0.1, 0.15) is 10.4 Å². The fourth-order valence-electron chi connectivity index (χ4n) is 2.33. The maximum Gasteiger partial charge on any atom is 0.339 e. The summed E-state index contributed by atoms with van der Waals surface area (Å²) < 4.78 is 25.7. The first kappa shape index (κ1) is 14.2. The van der Waals surface area contributed by atoms with E-state index in [9.17, 15) is 18.4 Å². The minimum absolute atomic E-state index is 0.0226. The summed E-state index contributed by atoms with van der Waals surface area (Å²) in [7, 11) is 0. The van der Waals surface area contributed by atoms with E-state index >= 15 is 0 Å². The van der Waals surface area contributed by atoms with Crippen LogP contribution in [0, 0.1) is 11.8 Å². The van der Waals surface area contributed by atoms with Crippen molar-refractivity contribution in [1.82, 2.24) is 4.98 Å². The highest BCUT2D eigenvalue weighted by Crippen LogP contribution is 2.32. The van der Waals surface area contributed by atoms with Crippen LogP contribution in [0.3, 0.4) is 0 Å². The second-order valence-corrected chi connectivity index (χ2v) is 4.53. The fourth-order valence-corrected chi connectivity index (χ4v) is 2.33. The van der Waals surface area contributed by atoms with Crippen molar-refractivity contribution in [1.29, 1.82) is 0 Å². The number of hydrogen-bond donors (Lipinski definition) is 2. The number of hydrogen-bond acceptors (Lipinski definition) is 4. The summed E-state index contributed by atoms with van der Waals surface area (Å²) in [5, 5.41) is 18.0. The van der Waals surface area contributed by atoms with Crippen LogP contribution in [0.4, 0.5) is 14.6 Å². The Bertz CT molecular complexity index is 538. The van der Waals surface area contributed by atoms with E-state index in [1.54, 1.807) is 0 Å². The Hall–Kier alpha value is -2.25. The minimum Gasteiger partial charge on any atom is -0.481 e. The molecule has 1 aromatic heterocycles. The summed E-state index contributed by atoms with van der Waals surface area (Å²) in [6.07, 6.45) is -1.44. The third kappa shape index (κ3) is 2.54. The number of aromatic nitrogens is 1. The molecule has 8 heteroatoms. The van der Waals surface area contributed by atoms with Crippen molar-refractivity contribution in [3.05, 3.63) is 23.9 Å². The second kappa shape index (κ2) is 5.40. The van der Waals surface area contributed by atoms with Gasteiger partial charge in [-0.3, -0.25) is 4.79 Å². The molecule has 2 heterocycles. The smallest absolute Gasteiger partial charge is 0.339 e. The summed E-state index contributed by atoms with van der Waals surface area (Å²) in [5.74, 6) is -5.10. The molecule has 0 spiro atoms. The van der Waals surface area contributed by atoms with Crippen molar-refractivity contribution in [3.63, 3.8) is 0 Å². The molecule has 2 N–H and O–H groups in total. The van der Waals surface area contributed by atoms with Gasteiger partial charge in [-0.15, -0.1) is 0 Å². The topological polar surface area (TPSA) is 90.7 Å². The average Bonchev–Trinajstić information content (AvgIpc) is 2.83. The quantitative estimate of drug-likeness (QED) is 0.863. The van der Waals surface area contributed by atoms with Crippen molar-refractivity contribution < 1.29 is 28.6 Å². The molecule has 2 rings (SSSR count). The zero-order chi connectivity index (χ0) is 14.9. The van der Waals surface area contributed by atoms with Gasteiger partial charge in [-0.1, -0.05) is 0 Å². The molecule has 0 aliphatic carbocycles. The number of carboxylic acid groups (broad SMARTS) is 2. The van der Waals surface area contributed by atoms with Crippen molar-refractivity contribution in [3.8, 4) is 0 Å². The lowest BCUT2D eigenvalue weighted by Crippen LogP contribution is -2.27. The molecule has 1 aliphatic heterocycles. The third-order valence-electron chi connectivity index (χ3n) is 3.32. The Morgan fingerprint density at radius 3 is 2.55 bits per heavy atom. The van der Waals surface area contributed by atoms with Crippen molar-refractivity contribution in [2.45, 2.75) is 6.43 Å². The Morgan fingerprint density at radius 2 is 2.05 bits per heavy atom. The number of carboxylic acids is 2. The lowest BCUT2D eigenvalue weighted by atomic mass is 9.97. The second-order valence-electron chi connectivity index (χ2n) is 4.53. The highest BCUT2D eigenvalue weighted by Gasteiger charge is 2.43. The molecule has 1 saturated heterocycles. The Kier molecular flexibility index (Phi) is 3.82. The number of aromatic carboxylic acids is 1. The van der Waals surface area contributed by atoms with Crippen LogP contribution in [0.2, 0.25) is 0 Å². The van der Waals surface area contributed by atoms with Gasteiger partial charge >= 0.3 is 11.9 Å². The largest absolute Gasteiger partial charge is 0.481 e. The van der Waals surface area contributed by atoms with E-state index in [-0.39, 0.29) is 24.5 Å². The van der Waals surface area contributed by atoms with Gasteiger partial charge in [-0.2, -0.15) is 0 Å². The van der Waals surface area contributed by atoms with Crippen molar-refractivity contribution >= 4 is 17.8 Å². The first-order chi connectivity index (χ1) is 9.41. The van der Waals surface area contributed by atoms with E-state index in [1.807, 2.05) is 0 Å². The standard InChI is InChI=1S/C12H12F2N2O4/c13-9(14)7-4-16(5-8(7)12(19)20)10-6(11(17)18)2-1-3-15-10/h1-3,7-9H,4-5H2,(H,17,18)(H,19,20)/t7-,8-/m1/s1. The van der Waals surface area contributed by atoms with Gasteiger partial charge in [0.25, 0.3) is 0 Å². The van der Waals surface area contributed by atoms with Gasteiger partial charge < -0.3 is 15.1 Å². The van der Waals surface area contributed by atoms with Gasteiger partial charge in [0.1, 0.15) is 11.4 Å². The lowest BCUT2D eigenvalue weighted by Gasteiger charge is -2.18. The summed E-state index contributed by atoms with van der Waals surface area (Å²) in [6, 6.07) is 2.72. The lowest BCUT2D eigenvalue weighted by molar-refractivity contribution is -0.144. The number of aliphatic carboxylic acids is 1. The van der Waals surface area contributed by atoms with Crippen LogP contribution in [0.5, 0.6) is 0 Å². The summed E-state index contributed by atoms with van der Waals surface area (Å²) in [4.78, 5) is 27.3. The Morgan fingerprint density at radius 1 is 1.35 bits per heavy atom. The van der Waals surface area contributed by atoms with Crippen LogP contribution >= 0.6 is 0 Å². The molecule has 1 fully saturated rings. The molecule has 0 amide bonds. The van der Waals surface area contributed by atoms with E-state index in [1.165, 1.54) is 23.2 Å². The van der Waals surface area contributed by atoms with Crippen LogP contribution in [-0.2, 0) is 4.79 Å². The zero-order valence-corrected chi connectivity index (χ0v) is 10.2. The van der Waals surface area contributed by atoms with E-state index in [0.717, 1.165) is 0 Å². The van der Waals surface area contributed by atoms with Gasteiger partial charge in [0.2, 0.25) is 6.43 Å². The van der Waals surface area contributed by atoms with Crippen LogP contribution < -0.4 is 4.90 Å². The number of anilines is 1. The summed E-state index contributed by atoms with van der Waals surface area (Å²) in [5.41, 5.74) is -0.133. The van der Waals surface area contributed by atoms with Crippen LogP contribution in [-0.4, -0.2) is 46.7 Å². The van der Waals surface area contributed by atoms with Crippen LogP contribution in [0.15, 0.2) is 18.3 Å². The Labute approximate surface area is 112 Å².